The number of hydrogen-bond donors (Lipinski definition) is 1. The summed E-state index contributed by atoms with van der Waals surface area (Å²) in [5.41, 5.74) is 6.85. The van der Waals surface area contributed by atoms with Crippen molar-refractivity contribution in [1.29, 1.82) is 0 Å². The lowest BCUT2D eigenvalue weighted by Gasteiger charge is -2.29. The molecule has 2 N–H and O–H groups in total. The number of rotatable bonds is 5. The van der Waals surface area contributed by atoms with Crippen LogP contribution in [0.25, 0.3) is 0 Å². The van der Waals surface area contributed by atoms with E-state index in [0.29, 0.717) is 6.42 Å². The molecule has 0 radical (unpaired) electrons. The van der Waals surface area contributed by atoms with E-state index in [1.165, 1.54) is 6.26 Å². The van der Waals surface area contributed by atoms with E-state index in [9.17, 15) is 8.42 Å². The highest BCUT2D eigenvalue weighted by Gasteiger charge is 2.37. The first-order valence-corrected chi connectivity index (χ1v) is 7.94. The Hall–Kier alpha value is -0.880. The monoisotopic (exact) mass is 273 g/mol. The molecule has 104 valence electrons. The molecule has 0 aliphatic carbocycles. The van der Waals surface area contributed by atoms with Gasteiger partial charge < -0.3 is 5.73 Å². The molecule has 5 nitrogen and oxygen atoms in total. The fraction of sp³-hybridized carbons (Fsp3) is 0.750. The molecule has 0 aromatic carbocycles. The van der Waals surface area contributed by atoms with Gasteiger partial charge in [0, 0.05) is 31.0 Å². The molecule has 6 heteroatoms. The lowest BCUT2D eigenvalue weighted by Crippen LogP contribution is -2.50. The van der Waals surface area contributed by atoms with Crippen molar-refractivity contribution < 1.29 is 8.42 Å². The largest absolute Gasteiger partial charge is 0.326 e. The average molecular weight is 273 g/mol. The zero-order valence-corrected chi connectivity index (χ0v) is 12.5. The maximum absolute atomic E-state index is 11.7. The van der Waals surface area contributed by atoms with Crippen LogP contribution in [0.3, 0.4) is 0 Å². The fourth-order valence-electron chi connectivity index (χ4n) is 1.52. The van der Waals surface area contributed by atoms with E-state index in [4.69, 9.17) is 5.73 Å². The highest BCUT2D eigenvalue weighted by molar-refractivity contribution is 7.92. The Morgan fingerprint density at radius 1 is 1.44 bits per heavy atom. The number of nitrogens with two attached hydrogens (primary N) is 1. The van der Waals surface area contributed by atoms with Gasteiger partial charge in [0.1, 0.15) is 0 Å². The van der Waals surface area contributed by atoms with Crippen molar-refractivity contribution in [3.63, 3.8) is 0 Å². The molecule has 1 unspecified atom stereocenters. The van der Waals surface area contributed by atoms with Crippen LogP contribution in [-0.4, -0.2) is 35.2 Å². The number of aromatic nitrogens is 2. The standard InChI is InChI=1S/C12H23N3O2S/c1-9(2)15-7-6-10(14-15)8-11(13)12(3,4)18(5,16)17/h6-7,9,11H,8,13H2,1-5H3. The number of nitrogens with zero attached hydrogens (tertiary/aromatic N) is 2. The average Bonchev–Trinajstić information content (AvgIpc) is 2.64. The summed E-state index contributed by atoms with van der Waals surface area (Å²) >= 11 is 0. The molecule has 1 aromatic rings. The smallest absolute Gasteiger partial charge is 0.154 e. The first kappa shape index (κ1) is 15.2. The van der Waals surface area contributed by atoms with Gasteiger partial charge in [0.15, 0.2) is 9.84 Å². The van der Waals surface area contributed by atoms with Crippen molar-refractivity contribution in [2.75, 3.05) is 6.26 Å². The molecule has 0 amide bonds. The van der Waals surface area contributed by atoms with Crippen LogP contribution in [-0.2, 0) is 16.3 Å². The summed E-state index contributed by atoms with van der Waals surface area (Å²) in [6.07, 6.45) is 3.57. The quantitative estimate of drug-likeness (QED) is 0.873. The van der Waals surface area contributed by atoms with E-state index in [0.717, 1.165) is 5.69 Å². The maximum Gasteiger partial charge on any atom is 0.154 e. The Morgan fingerprint density at radius 2 is 2.00 bits per heavy atom. The minimum Gasteiger partial charge on any atom is -0.326 e. The van der Waals surface area contributed by atoms with Crippen LogP contribution < -0.4 is 5.73 Å². The number of sulfone groups is 1. The van der Waals surface area contributed by atoms with Gasteiger partial charge in [-0.25, -0.2) is 8.42 Å². The van der Waals surface area contributed by atoms with Crippen LogP contribution in [0.1, 0.15) is 39.4 Å². The second-order valence-corrected chi connectivity index (χ2v) is 8.16. The molecule has 1 aromatic heterocycles. The van der Waals surface area contributed by atoms with E-state index >= 15 is 0 Å². The van der Waals surface area contributed by atoms with Crippen LogP contribution in [0.2, 0.25) is 0 Å². The highest BCUT2D eigenvalue weighted by atomic mass is 32.2. The second-order valence-electron chi connectivity index (χ2n) is 5.57. The SMILES string of the molecule is CC(C)n1ccc(CC(N)C(C)(C)S(C)(=O)=O)n1. The van der Waals surface area contributed by atoms with E-state index < -0.39 is 20.6 Å². The van der Waals surface area contributed by atoms with E-state index in [-0.39, 0.29) is 6.04 Å². The molecule has 0 aliphatic rings. The summed E-state index contributed by atoms with van der Waals surface area (Å²) < 4.78 is 24.3. The topological polar surface area (TPSA) is 78.0 Å². The Balaban J connectivity index is 2.84. The molecule has 0 fully saturated rings. The van der Waals surface area contributed by atoms with Gasteiger partial charge in [-0.15, -0.1) is 0 Å². The van der Waals surface area contributed by atoms with Crippen molar-refractivity contribution >= 4 is 9.84 Å². The molecule has 0 saturated heterocycles. The van der Waals surface area contributed by atoms with Gasteiger partial charge in [-0.05, 0) is 33.8 Å². The van der Waals surface area contributed by atoms with Crippen molar-refractivity contribution in [2.24, 2.45) is 5.73 Å². The predicted molar refractivity (Wildman–Crippen MR) is 73.2 cm³/mol. The predicted octanol–water partition coefficient (Wildman–Crippen LogP) is 1.16. The van der Waals surface area contributed by atoms with Gasteiger partial charge in [-0.1, -0.05) is 0 Å². The van der Waals surface area contributed by atoms with Crippen molar-refractivity contribution in [3.8, 4) is 0 Å². The van der Waals surface area contributed by atoms with Gasteiger partial charge in [0.05, 0.1) is 10.4 Å². The Morgan fingerprint density at radius 3 is 2.39 bits per heavy atom. The van der Waals surface area contributed by atoms with E-state index in [1.807, 2.05) is 30.8 Å². The van der Waals surface area contributed by atoms with Crippen LogP contribution in [0.4, 0.5) is 0 Å². The zero-order valence-electron chi connectivity index (χ0n) is 11.7. The summed E-state index contributed by atoms with van der Waals surface area (Å²) in [7, 11) is -3.19. The molecule has 1 rings (SSSR count). The third kappa shape index (κ3) is 3.11. The van der Waals surface area contributed by atoms with Crippen molar-refractivity contribution in [2.45, 2.75) is 50.9 Å². The zero-order chi connectivity index (χ0) is 14.1. The summed E-state index contributed by atoms with van der Waals surface area (Å²) in [6.45, 7) is 7.40. The third-order valence-electron chi connectivity index (χ3n) is 3.47. The molecular formula is C12H23N3O2S. The molecular weight excluding hydrogens is 250 g/mol. The van der Waals surface area contributed by atoms with E-state index in [1.54, 1.807) is 13.8 Å². The number of hydrogen-bond acceptors (Lipinski definition) is 4. The lowest BCUT2D eigenvalue weighted by molar-refractivity contribution is 0.471. The van der Waals surface area contributed by atoms with Crippen LogP contribution >= 0.6 is 0 Å². The molecule has 1 atom stereocenters. The molecule has 0 bridgehead atoms. The van der Waals surface area contributed by atoms with Crippen LogP contribution in [0.15, 0.2) is 12.3 Å². The molecule has 0 saturated carbocycles. The summed E-state index contributed by atoms with van der Waals surface area (Å²) in [5, 5.41) is 4.39. The Labute approximate surface area is 109 Å². The maximum atomic E-state index is 11.7. The lowest BCUT2D eigenvalue weighted by atomic mass is 9.99. The Kier molecular flexibility index (Phi) is 4.23. The minimum absolute atomic E-state index is 0.290. The van der Waals surface area contributed by atoms with Crippen LogP contribution in [0.5, 0.6) is 0 Å². The van der Waals surface area contributed by atoms with Gasteiger partial charge in [-0.3, -0.25) is 4.68 Å². The van der Waals surface area contributed by atoms with Gasteiger partial charge >= 0.3 is 0 Å². The van der Waals surface area contributed by atoms with Crippen LogP contribution in [0, 0.1) is 0 Å². The van der Waals surface area contributed by atoms with Gasteiger partial charge in [0.2, 0.25) is 0 Å². The molecule has 1 heterocycles. The highest BCUT2D eigenvalue weighted by Crippen LogP contribution is 2.21. The third-order valence-corrected chi connectivity index (χ3v) is 5.68. The second kappa shape index (κ2) is 5.01. The normalized spacial score (nSPS) is 15.1. The van der Waals surface area contributed by atoms with Crippen molar-refractivity contribution in [1.82, 2.24) is 9.78 Å². The van der Waals surface area contributed by atoms with Gasteiger partial charge in [0.25, 0.3) is 0 Å². The summed E-state index contributed by atoms with van der Waals surface area (Å²) in [4.78, 5) is 0. The minimum atomic E-state index is -3.19. The first-order valence-electron chi connectivity index (χ1n) is 6.05. The van der Waals surface area contributed by atoms with Gasteiger partial charge in [-0.2, -0.15) is 5.10 Å². The molecule has 0 spiro atoms. The van der Waals surface area contributed by atoms with Crippen molar-refractivity contribution in [3.05, 3.63) is 18.0 Å². The summed E-state index contributed by atoms with van der Waals surface area (Å²) in [5.74, 6) is 0. The van der Waals surface area contributed by atoms with E-state index in [2.05, 4.69) is 5.10 Å². The fourth-order valence-corrected chi connectivity index (χ4v) is 2.15. The Bertz CT molecular complexity index is 503. The summed E-state index contributed by atoms with van der Waals surface area (Å²) in [6, 6.07) is 1.71. The first-order chi connectivity index (χ1) is 8.05. The molecule has 0 aliphatic heterocycles. The molecule has 18 heavy (non-hydrogen) atoms.